The number of carbonyl (C=O) groups is 1. The number of anilines is 1. The monoisotopic (exact) mass is 303 g/mol. The molecule has 1 N–H and O–H groups in total. The van der Waals surface area contributed by atoms with Crippen LogP contribution in [0.4, 0.5) is 10.5 Å². The van der Waals surface area contributed by atoms with Crippen LogP contribution >= 0.6 is 11.6 Å². The maximum atomic E-state index is 12.0. The molecule has 0 saturated heterocycles. The molecule has 2 aromatic carbocycles. The van der Waals surface area contributed by atoms with Crippen molar-refractivity contribution in [2.24, 2.45) is 0 Å². The average molecular weight is 304 g/mol. The molecule has 0 saturated carbocycles. The Kier molecular flexibility index (Phi) is 4.86. The molecule has 2 aromatic rings. The average Bonchev–Trinajstić information content (AvgIpc) is 2.41. The number of carbonyl (C=O) groups excluding carboxylic acids is 1. The van der Waals surface area contributed by atoms with Crippen molar-refractivity contribution in [3.63, 3.8) is 0 Å². The molecule has 0 unspecified atom stereocenters. The highest BCUT2D eigenvalue weighted by Crippen LogP contribution is 2.27. The zero-order valence-corrected chi connectivity index (χ0v) is 13.1. The van der Waals surface area contributed by atoms with Gasteiger partial charge in [-0.25, -0.2) is 4.79 Å². The normalized spacial score (nSPS) is 10.5. The lowest BCUT2D eigenvalue weighted by Gasteiger charge is -2.14. The van der Waals surface area contributed by atoms with Crippen LogP contribution in [0.5, 0.6) is 5.75 Å². The number of nitrogens with one attached hydrogen (secondary N) is 1. The van der Waals surface area contributed by atoms with Crippen molar-refractivity contribution in [2.45, 2.75) is 26.7 Å². The SMILES string of the molecule is Cc1ccc(C(C)C)c(OC(=O)Nc2ccc(Cl)cc2)c1. The fourth-order valence-corrected chi connectivity index (χ4v) is 2.11. The van der Waals surface area contributed by atoms with Crippen molar-refractivity contribution in [2.75, 3.05) is 5.32 Å². The first kappa shape index (κ1) is 15.4. The number of benzene rings is 2. The van der Waals surface area contributed by atoms with Crippen molar-refractivity contribution >= 4 is 23.4 Å². The maximum absolute atomic E-state index is 12.0. The van der Waals surface area contributed by atoms with Crippen LogP contribution in [0.2, 0.25) is 5.02 Å². The van der Waals surface area contributed by atoms with E-state index in [9.17, 15) is 4.79 Å². The van der Waals surface area contributed by atoms with Crippen LogP contribution in [-0.2, 0) is 0 Å². The van der Waals surface area contributed by atoms with Crippen LogP contribution in [0.25, 0.3) is 0 Å². The van der Waals surface area contributed by atoms with E-state index in [0.717, 1.165) is 11.1 Å². The first-order valence-electron chi connectivity index (χ1n) is 6.80. The van der Waals surface area contributed by atoms with E-state index >= 15 is 0 Å². The van der Waals surface area contributed by atoms with Crippen LogP contribution in [0.1, 0.15) is 30.9 Å². The molecular formula is C17H18ClNO2. The minimum atomic E-state index is -0.509. The summed E-state index contributed by atoms with van der Waals surface area (Å²) in [6.07, 6.45) is -0.509. The standard InChI is InChI=1S/C17H18ClNO2/c1-11(2)15-9-4-12(3)10-16(15)21-17(20)19-14-7-5-13(18)6-8-14/h4-11H,1-3H3,(H,19,20). The van der Waals surface area contributed by atoms with Crippen molar-refractivity contribution in [3.05, 3.63) is 58.6 Å². The molecule has 0 aliphatic rings. The van der Waals surface area contributed by atoms with E-state index in [2.05, 4.69) is 19.2 Å². The first-order valence-corrected chi connectivity index (χ1v) is 7.18. The number of amides is 1. The van der Waals surface area contributed by atoms with E-state index in [-0.39, 0.29) is 5.92 Å². The van der Waals surface area contributed by atoms with E-state index in [4.69, 9.17) is 16.3 Å². The Morgan fingerprint density at radius 1 is 1.14 bits per heavy atom. The predicted molar refractivity (Wildman–Crippen MR) is 86.4 cm³/mol. The highest BCUT2D eigenvalue weighted by Gasteiger charge is 2.12. The molecule has 110 valence electrons. The second-order valence-corrected chi connectivity index (χ2v) is 5.65. The van der Waals surface area contributed by atoms with Crippen molar-refractivity contribution < 1.29 is 9.53 Å². The second kappa shape index (κ2) is 6.64. The molecule has 21 heavy (non-hydrogen) atoms. The molecule has 0 spiro atoms. The number of halogens is 1. The van der Waals surface area contributed by atoms with E-state index in [1.54, 1.807) is 24.3 Å². The van der Waals surface area contributed by atoms with Gasteiger partial charge < -0.3 is 4.74 Å². The zero-order valence-electron chi connectivity index (χ0n) is 12.3. The van der Waals surface area contributed by atoms with Crippen LogP contribution in [-0.4, -0.2) is 6.09 Å². The molecule has 1 amide bonds. The molecule has 0 aromatic heterocycles. The highest BCUT2D eigenvalue weighted by molar-refractivity contribution is 6.30. The van der Waals surface area contributed by atoms with Gasteiger partial charge in [0.1, 0.15) is 5.75 Å². The van der Waals surface area contributed by atoms with Crippen LogP contribution in [0, 0.1) is 6.92 Å². The zero-order chi connectivity index (χ0) is 15.4. The quantitative estimate of drug-likeness (QED) is 0.826. The lowest BCUT2D eigenvalue weighted by atomic mass is 10.0. The van der Waals surface area contributed by atoms with E-state index in [1.807, 2.05) is 25.1 Å². The number of hydrogen-bond donors (Lipinski definition) is 1. The van der Waals surface area contributed by atoms with E-state index in [0.29, 0.717) is 16.5 Å². The highest BCUT2D eigenvalue weighted by atomic mass is 35.5. The van der Waals surface area contributed by atoms with Gasteiger partial charge in [-0.15, -0.1) is 0 Å². The molecule has 0 fully saturated rings. The van der Waals surface area contributed by atoms with Crippen LogP contribution in [0.15, 0.2) is 42.5 Å². The predicted octanol–water partition coefficient (Wildman–Crippen LogP) is 5.38. The molecule has 0 radical (unpaired) electrons. The first-order chi connectivity index (χ1) is 9.95. The summed E-state index contributed by atoms with van der Waals surface area (Å²) in [6.45, 7) is 6.09. The summed E-state index contributed by atoms with van der Waals surface area (Å²) in [5, 5.41) is 3.30. The third-order valence-corrected chi connectivity index (χ3v) is 3.34. The molecule has 2 rings (SSSR count). The van der Waals surface area contributed by atoms with E-state index < -0.39 is 6.09 Å². The van der Waals surface area contributed by atoms with Gasteiger partial charge in [-0.1, -0.05) is 37.6 Å². The minimum Gasteiger partial charge on any atom is -0.410 e. The largest absolute Gasteiger partial charge is 0.417 e. The Labute approximate surface area is 129 Å². The Hall–Kier alpha value is -2.00. The number of aryl methyl sites for hydroxylation is 1. The fraction of sp³-hybridized carbons (Fsp3) is 0.235. The fourth-order valence-electron chi connectivity index (χ4n) is 1.98. The summed E-state index contributed by atoms with van der Waals surface area (Å²) < 4.78 is 5.44. The summed E-state index contributed by atoms with van der Waals surface area (Å²) in [7, 11) is 0. The summed E-state index contributed by atoms with van der Waals surface area (Å²) in [4.78, 5) is 12.0. The van der Waals surface area contributed by atoms with Gasteiger partial charge in [0.2, 0.25) is 0 Å². The van der Waals surface area contributed by atoms with Gasteiger partial charge in [0.25, 0.3) is 0 Å². The van der Waals surface area contributed by atoms with Crippen LogP contribution < -0.4 is 10.1 Å². The number of hydrogen-bond acceptors (Lipinski definition) is 2. The molecule has 4 heteroatoms. The molecule has 0 heterocycles. The molecule has 0 aliphatic heterocycles. The molecule has 3 nitrogen and oxygen atoms in total. The lowest BCUT2D eigenvalue weighted by Crippen LogP contribution is -2.17. The molecule has 0 atom stereocenters. The van der Waals surface area contributed by atoms with Crippen LogP contribution in [0.3, 0.4) is 0 Å². The molecule has 0 aliphatic carbocycles. The third kappa shape index (κ3) is 4.23. The van der Waals surface area contributed by atoms with Gasteiger partial charge in [-0.3, -0.25) is 5.32 Å². The minimum absolute atomic E-state index is 0.281. The topological polar surface area (TPSA) is 38.3 Å². The van der Waals surface area contributed by atoms with Gasteiger partial charge in [-0.2, -0.15) is 0 Å². The Balaban J connectivity index is 2.12. The summed E-state index contributed by atoms with van der Waals surface area (Å²) in [5.74, 6) is 0.875. The van der Waals surface area contributed by atoms with Gasteiger partial charge in [0, 0.05) is 10.7 Å². The maximum Gasteiger partial charge on any atom is 0.417 e. The lowest BCUT2D eigenvalue weighted by molar-refractivity contribution is 0.214. The summed E-state index contributed by atoms with van der Waals surface area (Å²) >= 11 is 5.81. The smallest absolute Gasteiger partial charge is 0.410 e. The summed E-state index contributed by atoms with van der Waals surface area (Å²) in [6, 6.07) is 12.8. The second-order valence-electron chi connectivity index (χ2n) is 5.22. The Bertz CT molecular complexity index is 636. The number of rotatable bonds is 3. The van der Waals surface area contributed by atoms with Crippen molar-refractivity contribution in [1.82, 2.24) is 0 Å². The summed E-state index contributed by atoms with van der Waals surface area (Å²) in [5.41, 5.74) is 2.70. The number of ether oxygens (including phenoxy) is 1. The molecule has 0 bridgehead atoms. The Morgan fingerprint density at radius 3 is 2.43 bits per heavy atom. The van der Waals surface area contributed by atoms with Gasteiger partial charge >= 0.3 is 6.09 Å². The van der Waals surface area contributed by atoms with E-state index in [1.165, 1.54) is 0 Å². The Morgan fingerprint density at radius 2 is 1.81 bits per heavy atom. The third-order valence-electron chi connectivity index (χ3n) is 3.08. The van der Waals surface area contributed by atoms with Gasteiger partial charge in [0.05, 0.1) is 0 Å². The van der Waals surface area contributed by atoms with Gasteiger partial charge in [0.15, 0.2) is 0 Å². The van der Waals surface area contributed by atoms with Gasteiger partial charge in [-0.05, 0) is 54.3 Å². The molecular weight excluding hydrogens is 286 g/mol. The van der Waals surface area contributed by atoms with Crippen molar-refractivity contribution in [1.29, 1.82) is 0 Å². The van der Waals surface area contributed by atoms with Crippen molar-refractivity contribution in [3.8, 4) is 5.75 Å².